The number of hydrogen-bond acceptors (Lipinski definition) is 1. The largest absolute Gasteiger partial charge is 0.484 e. The zero-order chi connectivity index (χ0) is 14.3. The van der Waals surface area contributed by atoms with Crippen LogP contribution in [0.5, 0.6) is 5.75 Å². The van der Waals surface area contributed by atoms with Gasteiger partial charge in [-0.05, 0) is 18.4 Å². The summed E-state index contributed by atoms with van der Waals surface area (Å²) < 4.78 is 7.74. The number of hydrogen-bond donors (Lipinski definition) is 0. The van der Waals surface area contributed by atoms with Crippen molar-refractivity contribution in [1.29, 1.82) is 0 Å². The lowest BCUT2D eigenvalue weighted by Crippen LogP contribution is -2.48. The molecule has 2 aromatic rings. The monoisotopic (exact) mass is 282 g/mol. The van der Waals surface area contributed by atoms with Gasteiger partial charge in [0, 0.05) is 24.6 Å². The zero-order valence-electron chi connectivity index (χ0n) is 12.8. The summed E-state index contributed by atoms with van der Waals surface area (Å²) in [4.78, 5) is 0. The maximum atomic E-state index is 6.44. The van der Waals surface area contributed by atoms with Crippen LogP contribution < -0.4 is 4.74 Å². The van der Waals surface area contributed by atoms with Crippen LogP contribution in [0.15, 0.2) is 42.5 Å². The Morgan fingerprint density at radius 3 is 2.86 bits per heavy atom. The van der Waals surface area contributed by atoms with Crippen molar-refractivity contribution in [2.24, 2.45) is 0 Å². The summed E-state index contributed by atoms with van der Waals surface area (Å²) in [7, 11) is 0. The lowest BCUT2D eigenvalue weighted by molar-refractivity contribution is -0.926. The van der Waals surface area contributed by atoms with E-state index in [0.717, 1.165) is 11.8 Å². The molecule has 0 amide bonds. The van der Waals surface area contributed by atoms with Gasteiger partial charge < -0.3 is 9.22 Å². The van der Waals surface area contributed by atoms with E-state index in [4.69, 9.17) is 4.74 Å². The van der Waals surface area contributed by atoms with Crippen LogP contribution in [-0.4, -0.2) is 36.3 Å². The van der Waals surface area contributed by atoms with Crippen LogP contribution in [0.25, 0.3) is 10.8 Å². The second-order valence-electron chi connectivity index (χ2n) is 6.69. The van der Waals surface area contributed by atoms with Gasteiger partial charge in [-0.15, -0.1) is 0 Å². The first kappa shape index (κ1) is 13.1. The first-order valence-electron chi connectivity index (χ1n) is 8.31. The summed E-state index contributed by atoms with van der Waals surface area (Å²) in [6.07, 6.45) is 4.42. The molecule has 2 aliphatic rings. The van der Waals surface area contributed by atoms with E-state index in [0.29, 0.717) is 6.10 Å². The SMILES string of the molecule is CC[N+]12CCCC1CC(Oc1cccc3ccccc13)C2. The smallest absolute Gasteiger partial charge is 0.153 e. The number of fused-ring (bicyclic) bond motifs is 2. The van der Waals surface area contributed by atoms with Crippen molar-refractivity contribution < 1.29 is 9.22 Å². The molecule has 0 bridgehead atoms. The number of quaternary nitrogens is 1. The molecule has 0 aromatic heterocycles. The molecule has 21 heavy (non-hydrogen) atoms. The Bertz CT molecular complexity index is 648. The summed E-state index contributed by atoms with van der Waals surface area (Å²) >= 11 is 0. The molecule has 2 nitrogen and oxygen atoms in total. The first-order valence-corrected chi connectivity index (χ1v) is 8.31. The van der Waals surface area contributed by atoms with E-state index >= 15 is 0 Å². The molecular formula is C19H24NO+. The average molecular weight is 282 g/mol. The van der Waals surface area contributed by atoms with Crippen LogP contribution in [-0.2, 0) is 0 Å². The Balaban J connectivity index is 1.59. The van der Waals surface area contributed by atoms with Gasteiger partial charge in [0.15, 0.2) is 6.10 Å². The summed E-state index contributed by atoms with van der Waals surface area (Å²) in [5.41, 5.74) is 0. The summed E-state index contributed by atoms with van der Waals surface area (Å²) in [5, 5.41) is 2.52. The predicted molar refractivity (Wildman–Crippen MR) is 86.5 cm³/mol. The third kappa shape index (κ3) is 2.13. The van der Waals surface area contributed by atoms with Crippen molar-refractivity contribution in [3.8, 4) is 5.75 Å². The van der Waals surface area contributed by atoms with Gasteiger partial charge in [0.2, 0.25) is 0 Å². The van der Waals surface area contributed by atoms with Crippen LogP contribution in [0.4, 0.5) is 0 Å². The predicted octanol–water partition coefficient (Wildman–Crippen LogP) is 3.99. The molecule has 2 saturated heterocycles. The van der Waals surface area contributed by atoms with E-state index in [2.05, 4.69) is 49.4 Å². The quantitative estimate of drug-likeness (QED) is 0.773. The number of nitrogens with zero attached hydrogens (tertiary/aromatic N) is 1. The number of ether oxygens (including phenoxy) is 1. The van der Waals surface area contributed by atoms with Gasteiger partial charge in [-0.3, -0.25) is 0 Å². The van der Waals surface area contributed by atoms with Gasteiger partial charge >= 0.3 is 0 Å². The Labute approximate surface area is 126 Å². The van der Waals surface area contributed by atoms with Crippen molar-refractivity contribution >= 4 is 10.8 Å². The molecule has 0 aliphatic carbocycles. The topological polar surface area (TPSA) is 9.23 Å². The van der Waals surface area contributed by atoms with E-state index in [1.165, 1.54) is 54.2 Å². The van der Waals surface area contributed by atoms with Gasteiger partial charge in [0.1, 0.15) is 12.3 Å². The van der Waals surface area contributed by atoms with Crippen LogP contribution in [0, 0.1) is 0 Å². The molecule has 2 aliphatic heterocycles. The number of rotatable bonds is 3. The fourth-order valence-electron chi connectivity index (χ4n) is 4.57. The molecule has 2 fully saturated rings. The molecule has 0 radical (unpaired) electrons. The van der Waals surface area contributed by atoms with Crippen LogP contribution in [0.2, 0.25) is 0 Å². The standard InChI is InChI=1S/C19H24NO/c1-2-20-12-6-9-16(20)13-17(14-20)21-19-11-5-8-15-7-3-4-10-18(15)19/h3-5,7-8,10-11,16-17H,2,6,9,12-14H2,1H3/q+1. The molecule has 2 heterocycles. The summed E-state index contributed by atoms with van der Waals surface area (Å²) in [6, 6.07) is 15.8. The highest BCUT2D eigenvalue weighted by atomic mass is 16.5. The lowest BCUT2D eigenvalue weighted by atomic mass is 10.1. The van der Waals surface area contributed by atoms with Crippen molar-refractivity contribution in [2.75, 3.05) is 19.6 Å². The molecule has 2 aromatic carbocycles. The van der Waals surface area contributed by atoms with Crippen molar-refractivity contribution in [3.63, 3.8) is 0 Å². The Morgan fingerprint density at radius 2 is 2.00 bits per heavy atom. The second-order valence-corrected chi connectivity index (χ2v) is 6.69. The van der Waals surface area contributed by atoms with Gasteiger partial charge in [0.05, 0.1) is 19.1 Å². The minimum atomic E-state index is 0.390. The Morgan fingerprint density at radius 1 is 1.14 bits per heavy atom. The van der Waals surface area contributed by atoms with E-state index in [1.807, 2.05) is 0 Å². The molecule has 110 valence electrons. The lowest BCUT2D eigenvalue weighted by Gasteiger charge is -2.33. The van der Waals surface area contributed by atoms with Crippen molar-refractivity contribution in [2.45, 2.75) is 38.3 Å². The van der Waals surface area contributed by atoms with E-state index in [-0.39, 0.29) is 0 Å². The Kier molecular flexibility index (Phi) is 3.15. The van der Waals surface area contributed by atoms with Crippen LogP contribution in [0.1, 0.15) is 26.2 Å². The van der Waals surface area contributed by atoms with Crippen molar-refractivity contribution in [3.05, 3.63) is 42.5 Å². The van der Waals surface area contributed by atoms with Gasteiger partial charge in [-0.25, -0.2) is 0 Å². The van der Waals surface area contributed by atoms with E-state index < -0.39 is 0 Å². The summed E-state index contributed by atoms with van der Waals surface area (Å²) in [5.74, 6) is 1.06. The average Bonchev–Trinajstić information content (AvgIpc) is 3.04. The molecule has 3 atom stereocenters. The fourth-order valence-corrected chi connectivity index (χ4v) is 4.57. The van der Waals surface area contributed by atoms with Gasteiger partial charge in [0.25, 0.3) is 0 Å². The summed E-state index contributed by atoms with van der Waals surface area (Å²) in [6.45, 7) is 6.17. The highest BCUT2D eigenvalue weighted by Gasteiger charge is 2.49. The number of likely N-dealkylation sites (N-methyl/N-ethyl adjacent to an activating group) is 1. The van der Waals surface area contributed by atoms with Crippen LogP contribution in [0.3, 0.4) is 0 Å². The third-order valence-electron chi connectivity index (χ3n) is 5.69. The third-order valence-corrected chi connectivity index (χ3v) is 5.69. The van der Waals surface area contributed by atoms with E-state index in [1.54, 1.807) is 0 Å². The molecule has 2 heteroatoms. The maximum absolute atomic E-state index is 6.44. The Hall–Kier alpha value is -1.54. The zero-order valence-corrected chi connectivity index (χ0v) is 12.8. The molecule has 3 unspecified atom stereocenters. The molecule has 0 N–H and O–H groups in total. The molecule has 4 rings (SSSR count). The second kappa shape index (κ2) is 5.03. The molecular weight excluding hydrogens is 258 g/mol. The highest BCUT2D eigenvalue weighted by molar-refractivity contribution is 5.88. The highest BCUT2D eigenvalue weighted by Crippen LogP contribution is 2.38. The van der Waals surface area contributed by atoms with Crippen molar-refractivity contribution in [1.82, 2.24) is 0 Å². The van der Waals surface area contributed by atoms with Gasteiger partial charge in [-0.1, -0.05) is 36.4 Å². The van der Waals surface area contributed by atoms with Gasteiger partial charge in [-0.2, -0.15) is 0 Å². The number of benzene rings is 2. The van der Waals surface area contributed by atoms with Crippen LogP contribution >= 0.6 is 0 Å². The minimum Gasteiger partial charge on any atom is -0.484 e. The maximum Gasteiger partial charge on any atom is 0.153 e. The normalized spacial score (nSPS) is 31.5. The molecule has 0 saturated carbocycles. The fraction of sp³-hybridized carbons (Fsp3) is 0.474. The minimum absolute atomic E-state index is 0.390. The first-order chi connectivity index (χ1) is 10.3. The van der Waals surface area contributed by atoms with E-state index in [9.17, 15) is 0 Å². The molecule has 0 spiro atoms.